The maximum atomic E-state index is 13.6. The summed E-state index contributed by atoms with van der Waals surface area (Å²) in [5.74, 6) is -37.2. The number of hydrogen-bond donors (Lipinski definition) is 0. The van der Waals surface area contributed by atoms with E-state index < -0.39 is 83.8 Å². The average molecular weight is 564 g/mol. The molecule has 0 atom stereocenters. The largest absolute Gasteiger partial charge is 0.471 e. The molecule has 0 aliphatic rings. The van der Waals surface area contributed by atoms with Crippen molar-refractivity contribution in [2.45, 2.75) is 48.3 Å². The molecule has 0 heterocycles. The number of benzene rings is 1. The van der Waals surface area contributed by atoms with E-state index in [-0.39, 0.29) is 0 Å². The molecule has 0 saturated carbocycles. The third-order valence-electron chi connectivity index (χ3n) is 3.62. The fourth-order valence-electron chi connectivity index (χ4n) is 1.76. The molecule has 0 aliphatic carbocycles. The highest BCUT2D eigenvalue weighted by molar-refractivity contribution is 5.34. The molecular formula is C14H3F19O2. The second-order valence-electron chi connectivity index (χ2n) is 6.12. The predicted octanol–water partition coefficient (Wildman–Crippen LogP) is 7.43. The Morgan fingerprint density at radius 1 is 0.457 bits per heavy atom. The Balaban J connectivity index is 3.29. The molecule has 35 heavy (non-hydrogen) atoms. The Morgan fingerprint density at radius 3 is 1.11 bits per heavy atom. The van der Waals surface area contributed by atoms with Crippen molar-refractivity contribution in [1.29, 1.82) is 0 Å². The first-order valence-corrected chi connectivity index (χ1v) is 7.65. The topological polar surface area (TPSA) is 18.5 Å². The maximum Gasteiger partial charge on any atom is 0.471 e. The summed E-state index contributed by atoms with van der Waals surface area (Å²) in [7, 11) is 0. The van der Waals surface area contributed by atoms with Crippen LogP contribution in [0.4, 0.5) is 83.4 Å². The zero-order valence-corrected chi connectivity index (χ0v) is 15.2. The van der Waals surface area contributed by atoms with Gasteiger partial charge in [-0.25, -0.2) is 4.39 Å². The van der Waals surface area contributed by atoms with Crippen LogP contribution < -0.4 is 9.47 Å². The number of alkyl halides is 18. The van der Waals surface area contributed by atoms with Gasteiger partial charge in [-0.15, -0.1) is 0 Å². The van der Waals surface area contributed by atoms with Crippen LogP contribution in [0.1, 0.15) is 0 Å². The van der Waals surface area contributed by atoms with Crippen molar-refractivity contribution in [2.75, 3.05) is 0 Å². The van der Waals surface area contributed by atoms with Crippen LogP contribution in [-0.2, 0) is 0 Å². The van der Waals surface area contributed by atoms with Gasteiger partial charge in [0.05, 0.1) is 0 Å². The van der Waals surface area contributed by atoms with E-state index in [0.717, 1.165) is 0 Å². The number of halogens is 19. The molecular weight excluding hydrogens is 561 g/mol. The molecule has 0 spiro atoms. The highest BCUT2D eigenvalue weighted by Crippen LogP contribution is 2.55. The van der Waals surface area contributed by atoms with Crippen molar-refractivity contribution in [3.63, 3.8) is 0 Å². The van der Waals surface area contributed by atoms with E-state index in [2.05, 4.69) is 9.47 Å². The van der Waals surface area contributed by atoms with Crippen LogP contribution in [-0.4, -0.2) is 48.3 Å². The molecule has 1 aromatic rings. The maximum absolute atomic E-state index is 13.6. The fourth-order valence-corrected chi connectivity index (χ4v) is 1.76. The summed E-state index contributed by atoms with van der Waals surface area (Å²) >= 11 is 0. The van der Waals surface area contributed by atoms with Gasteiger partial charge in [0.25, 0.3) is 0 Å². The normalized spacial score (nSPS) is 15.3. The Hall–Kier alpha value is -2.51. The highest BCUT2D eigenvalue weighted by Gasteiger charge is 2.84. The van der Waals surface area contributed by atoms with Crippen LogP contribution in [0.2, 0.25) is 0 Å². The van der Waals surface area contributed by atoms with Gasteiger partial charge in [0.15, 0.2) is 11.6 Å². The summed E-state index contributed by atoms with van der Waals surface area (Å²) in [4.78, 5) is 0. The molecule has 0 bridgehead atoms. The minimum absolute atomic E-state index is 0.496. The van der Waals surface area contributed by atoms with Gasteiger partial charge in [-0.1, -0.05) is 0 Å². The first-order chi connectivity index (χ1) is 15.1. The lowest BCUT2D eigenvalue weighted by atomic mass is 10.1. The van der Waals surface area contributed by atoms with Crippen LogP contribution in [0.5, 0.6) is 11.5 Å². The first-order valence-electron chi connectivity index (χ1n) is 7.65. The average Bonchev–Trinajstić information content (AvgIpc) is 2.61. The molecule has 0 unspecified atom stereocenters. The van der Waals surface area contributed by atoms with E-state index >= 15 is 0 Å². The van der Waals surface area contributed by atoms with E-state index in [1.165, 1.54) is 0 Å². The molecule has 0 aliphatic heterocycles. The van der Waals surface area contributed by atoms with Gasteiger partial charge in [0.2, 0.25) is 0 Å². The van der Waals surface area contributed by atoms with Crippen molar-refractivity contribution >= 4 is 0 Å². The number of rotatable bonds is 8. The van der Waals surface area contributed by atoms with Crippen LogP contribution in [0.15, 0.2) is 18.2 Å². The molecule has 1 aromatic carbocycles. The number of ether oxygens (including phenoxy) is 2. The minimum atomic E-state index is -7.50. The van der Waals surface area contributed by atoms with Crippen LogP contribution in [0, 0.1) is 5.82 Å². The smallest absolute Gasteiger partial charge is 0.428 e. The lowest BCUT2D eigenvalue weighted by molar-refractivity contribution is -0.429. The van der Waals surface area contributed by atoms with E-state index in [4.69, 9.17) is 0 Å². The first kappa shape index (κ1) is 30.5. The molecule has 0 aromatic heterocycles. The summed E-state index contributed by atoms with van der Waals surface area (Å²) in [6, 6.07) is -1.97. The third-order valence-corrected chi connectivity index (χ3v) is 3.62. The van der Waals surface area contributed by atoms with Gasteiger partial charge in [-0.3, -0.25) is 0 Å². The summed E-state index contributed by atoms with van der Waals surface area (Å²) in [5, 5.41) is 0. The summed E-state index contributed by atoms with van der Waals surface area (Å²) in [5.41, 5.74) is 0. The molecule has 0 amide bonds. The van der Waals surface area contributed by atoms with Crippen molar-refractivity contribution < 1.29 is 92.9 Å². The molecule has 0 radical (unpaired) electrons. The monoisotopic (exact) mass is 564 g/mol. The van der Waals surface area contributed by atoms with Crippen molar-refractivity contribution in [2.24, 2.45) is 0 Å². The van der Waals surface area contributed by atoms with Crippen molar-refractivity contribution in [1.82, 2.24) is 0 Å². The van der Waals surface area contributed by atoms with Gasteiger partial charge in [-0.05, 0) is 12.1 Å². The molecule has 204 valence electrons. The molecule has 0 N–H and O–H groups in total. The fraction of sp³-hybridized carbons (Fsp3) is 0.571. The van der Waals surface area contributed by atoms with Gasteiger partial charge in [0.1, 0.15) is 5.75 Å². The standard InChI is InChI=1S/C14H3F19O2/c15-5-3-4(34-13(30,31)9(20,21)7(16,17)11(24,25)26)1-2-6(5)35-14(32,33)10(22,23)8(18,19)12(27,28)29/h1-3H. The lowest BCUT2D eigenvalue weighted by Gasteiger charge is -2.33. The molecule has 0 fully saturated rings. The summed E-state index contributed by atoms with van der Waals surface area (Å²) in [6.07, 6.45) is -28.3. The zero-order chi connectivity index (χ0) is 28.3. The predicted molar refractivity (Wildman–Crippen MR) is 69.4 cm³/mol. The second-order valence-corrected chi connectivity index (χ2v) is 6.12. The van der Waals surface area contributed by atoms with Crippen LogP contribution >= 0.6 is 0 Å². The van der Waals surface area contributed by atoms with Gasteiger partial charge in [-0.2, -0.15) is 79.0 Å². The lowest BCUT2D eigenvalue weighted by Crippen LogP contribution is -2.62. The van der Waals surface area contributed by atoms with E-state index in [0.29, 0.717) is 0 Å². The van der Waals surface area contributed by atoms with Crippen LogP contribution in [0.3, 0.4) is 0 Å². The van der Waals surface area contributed by atoms with Crippen molar-refractivity contribution in [3.8, 4) is 11.5 Å². The SMILES string of the molecule is Fc1cc(OC(F)(F)C(F)(F)C(F)(F)C(F)(F)F)ccc1OC(F)(F)C(F)(F)C(F)(F)C(F)(F)F. The Morgan fingerprint density at radius 2 is 0.800 bits per heavy atom. The quantitative estimate of drug-likeness (QED) is 0.306. The molecule has 21 heteroatoms. The van der Waals surface area contributed by atoms with E-state index in [1.807, 2.05) is 0 Å². The summed E-state index contributed by atoms with van der Waals surface area (Å²) in [6.45, 7) is 0. The van der Waals surface area contributed by atoms with E-state index in [1.54, 1.807) is 0 Å². The molecule has 1 rings (SSSR count). The second kappa shape index (κ2) is 8.27. The van der Waals surface area contributed by atoms with Crippen molar-refractivity contribution in [3.05, 3.63) is 24.0 Å². The summed E-state index contributed by atoms with van der Waals surface area (Å²) < 4.78 is 247. The zero-order valence-electron chi connectivity index (χ0n) is 15.2. The third kappa shape index (κ3) is 4.94. The Labute approximate surface area is 178 Å². The van der Waals surface area contributed by atoms with Crippen LogP contribution in [0.25, 0.3) is 0 Å². The van der Waals surface area contributed by atoms with Gasteiger partial charge in [0, 0.05) is 6.07 Å². The van der Waals surface area contributed by atoms with Gasteiger partial charge >= 0.3 is 48.3 Å². The number of hydrogen-bond acceptors (Lipinski definition) is 2. The van der Waals surface area contributed by atoms with E-state index in [9.17, 15) is 83.4 Å². The highest BCUT2D eigenvalue weighted by atomic mass is 19.4. The molecule has 2 nitrogen and oxygen atoms in total. The Kier molecular flexibility index (Phi) is 7.21. The van der Waals surface area contributed by atoms with Gasteiger partial charge < -0.3 is 9.47 Å². The Bertz CT molecular complexity index is 913. The molecule has 0 saturated heterocycles. The minimum Gasteiger partial charge on any atom is -0.428 e.